The van der Waals surface area contributed by atoms with Gasteiger partial charge in [-0.05, 0) is 53.5 Å². The van der Waals surface area contributed by atoms with E-state index in [1.165, 1.54) is 4.90 Å². The highest BCUT2D eigenvalue weighted by Crippen LogP contribution is 2.44. The summed E-state index contributed by atoms with van der Waals surface area (Å²) in [5.41, 5.74) is 2.19. The van der Waals surface area contributed by atoms with Gasteiger partial charge in [-0.1, -0.05) is 41.4 Å². The molecule has 2 aromatic rings. The van der Waals surface area contributed by atoms with Gasteiger partial charge in [0.1, 0.15) is 6.04 Å². The van der Waals surface area contributed by atoms with Crippen molar-refractivity contribution in [3.05, 3.63) is 73.9 Å². The minimum atomic E-state index is -0.501. The Morgan fingerprint density at radius 2 is 1.86 bits per heavy atom. The van der Waals surface area contributed by atoms with Crippen LogP contribution in [-0.4, -0.2) is 26.1 Å². The number of carbonyl (C=O) groups excluding carboxylic acids is 2. The van der Waals surface area contributed by atoms with Crippen LogP contribution in [0.15, 0.2) is 51.9 Å². The van der Waals surface area contributed by atoms with Crippen LogP contribution in [0.25, 0.3) is 0 Å². The maximum atomic E-state index is 13.3. The number of benzene rings is 1. The molecule has 0 bridgehead atoms. The van der Waals surface area contributed by atoms with Crippen LogP contribution in [0.2, 0.25) is 5.02 Å². The Bertz CT molecular complexity index is 1050. The first-order valence-electron chi connectivity index (χ1n) is 8.76. The van der Waals surface area contributed by atoms with E-state index < -0.39 is 6.04 Å². The second-order valence-electron chi connectivity index (χ2n) is 6.95. The van der Waals surface area contributed by atoms with Crippen molar-refractivity contribution in [2.45, 2.75) is 32.4 Å². The van der Waals surface area contributed by atoms with Crippen LogP contribution in [0.5, 0.6) is 0 Å². The molecule has 0 N–H and O–H groups in total. The first-order valence-corrected chi connectivity index (χ1v) is 10.3. The molecule has 2 heterocycles. The number of rotatable bonds is 3. The van der Waals surface area contributed by atoms with Crippen LogP contribution in [0.3, 0.4) is 0 Å². The fourth-order valence-electron chi connectivity index (χ4n) is 3.65. The van der Waals surface area contributed by atoms with Crippen LogP contribution < -0.4 is 0 Å². The lowest BCUT2D eigenvalue weighted by molar-refractivity contribution is -0.116. The maximum Gasteiger partial charge on any atom is 0.279 e. The molecule has 8 heteroatoms. The molecule has 1 aliphatic carbocycles. The number of fused-ring (bicyclic) bond motifs is 1. The molecule has 1 aliphatic heterocycles. The van der Waals surface area contributed by atoms with Crippen LogP contribution in [0.4, 0.5) is 0 Å². The van der Waals surface area contributed by atoms with Crippen LogP contribution in [-0.2, 0) is 4.79 Å². The Labute approximate surface area is 180 Å². The average molecular weight is 481 g/mol. The quantitative estimate of drug-likeness (QED) is 0.590. The Balaban J connectivity index is 1.96. The minimum absolute atomic E-state index is 0.0627. The van der Waals surface area contributed by atoms with E-state index in [0.29, 0.717) is 20.5 Å². The zero-order valence-electron chi connectivity index (χ0n) is 15.1. The fourth-order valence-corrected chi connectivity index (χ4v) is 4.73. The van der Waals surface area contributed by atoms with Crippen molar-refractivity contribution in [3.8, 4) is 0 Å². The standard InChI is InChI=1S/C20H16BrCl2N3O2/c1-10(2)25-18-16(24-20(25)21)19(28)26(14-9-13(23)7-8-15(14)27)17(18)11-3-5-12(22)6-4-11/h3-7,9-10,17H,8H2,1-2H3. The topological polar surface area (TPSA) is 55.2 Å². The van der Waals surface area contributed by atoms with Gasteiger partial charge < -0.3 is 4.57 Å². The second-order valence-corrected chi connectivity index (χ2v) is 8.54. The van der Waals surface area contributed by atoms with Crippen molar-refractivity contribution >= 4 is 50.8 Å². The molecular formula is C20H16BrCl2N3O2. The number of hydrogen-bond donors (Lipinski definition) is 0. The predicted octanol–water partition coefficient (Wildman–Crippen LogP) is 5.40. The van der Waals surface area contributed by atoms with Crippen molar-refractivity contribution in [2.75, 3.05) is 0 Å². The number of hydrogen-bond acceptors (Lipinski definition) is 3. The van der Waals surface area contributed by atoms with Crippen molar-refractivity contribution in [2.24, 2.45) is 0 Å². The molecule has 1 unspecified atom stereocenters. The van der Waals surface area contributed by atoms with E-state index >= 15 is 0 Å². The van der Waals surface area contributed by atoms with Crippen LogP contribution in [0.1, 0.15) is 54.1 Å². The highest BCUT2D eigenvalue weighted by Gasteiger charge is 2.46. The third-order valence-electron chi connectivity index (χ3n) is 4.85. The van der Waals surface area contributed by atoms with Gasteiger partial charge in [-0.15, -0.1) is 0 Å². The van der Waals surface area contributed by atoms with Crippen LogP contribution >= 0.6 is 39.1 Å². The number of imidazole rings is 1. The van der Waals surface area contributed by atoms with E-state index in [2.05, 4.69) is 20.9 Å². The molecule has 0 fully saturated rings. The molecule has 1 amide bonds. The largest absolute Gasteiger partial charge is 0.317 e. The highest BCUT2D eigenvalue weighted by atomic mass is 79.9. The lowest BCUT2D eigenvalue weighted by atomic mass is 10.0. The summed E-state index contributed by atoms with van der Waals surface area (Å²) in [4.78, 5) is 31.9. The lowest BCUT2D eigenvalue weighted by Gasteiger charge is -2.30. The zero-order chi connectivity index (χ0) is 20.2. The van der Waals surface area contributed by atoms with Gasteiger partial charge in [-0.25, -0.2) is 4.98 Å². The average Bonchev–Trinajstić information content (AvgIpc) is 3.11. The molecule has 2 aliphatic rings. The highest BCUT2D eigenvalue weighted by molar-refractivity contribution is 9.10. The minimum Gasteiger partial charge on any atom is -0.317 e. The Morgan fingerprint density at radius 3 is 2.50 bits per heavy atom. The smallest absolute Gasteiger partial charge is 0.279 e. The normalized spacial score (nSPS) is 19.2. The number of Topliss-reactive ketones (excluding diaryl/α,β-unsaturated/α-hetero) is 1. The third-order valence-corrected chi connectivity index (χ3v) is 5.92. The summed E-state index contributed by atoms with van der Waals surface area (Å²) in [6.45, 7) is 4.03. The van der Waals surface area contributed by atoms with Gasteiger partial charge in [0.25, 0.3) is 5.91 Å². The molecule has 1 aromatic heterocycles. The summed E-state index contributed by atoms with van der Waals surface area (Å²) in [5.74, 6) is -0.474. The number of allylic oxidation sites excluding steroid dienone is 4. The molecule has 1 aromatic carbocycles. The number of carbonyl (C=O) groups is 2. The van der Waals surface area contributed by atoms with Gasteiger partial charge in [0.15, 0.2) is 16.2 Å². The van der Waals surface area contributed by atoms with Crippen molar-refractivity contribution in [1.82, 2.24) is 14.5 Å². The van der Waals surface area contributed by atoms with E-state index in [-0.39, 0.29) is 29.9 Å². The third kappa shape index (κ3) is 3.04. The summed E-state index contributed by atoms with van der Waals surface area (Å²) in [6.07, 6.45) is 3.35. The number of ketones is 1. The van der Waals surface area contributed by atoms with E-state index in [1.54, 1.807) is 24.3 Å². The van der Waals surface area contributed by atoms with Crippen molar-refractivity contribution in [1.29, 1.82) is 0 Å². The van der Waals surface area contributed by atoms with Gasteiger partial charge in [0.05, 0.1) is 11.4 Å². The van der Waals surface area contributed by atoms with Gasteiger partial charge >= 0.3 is 0 Å². The maximum absolute atomic E-state index is 13.3. The van der Waals surface area contributed by atoms with Crippen molar-refractivity contribution < 1.29 is 9.59 Å². The first kappa shape index (κ1) is 19.4. The van der Waals surface area contributed by atoms with E-state index in [9.17, 15) is 9.59 Å². The summed E-state index contributed by atoms with van der Waals surface area (Å²) in [5, 5.41) is 1.03. The van der Waals surface area contributed by atoms with E-state index in [0.717, 1.165) is 11.3 Å². The molecular weight excluding hydrogens is 465 g/mol. The second kappa shape index (κ2) is 7.17. The number of amides is 1. The predicted molar refractivity (Wildman–Crippen MR) is 111 cm³/mol. The fraction of sp³-hybridized carbons (Fsp3) is 0.250. The zero-order valence-corrected chi connectivity index (χ0v) is 18.2. The van der Waals surface area contributed by atoms with Crippen LogP contribution in [0, 0.1) is 0 Å². The lowest BCUT2D eigenvalue weighted by Crippen LogP contribution is -2.33. The van der Waals surface area contributed by atoms with E-state index in [4.69, 9.17) is 23.2 Å². The molecule has 0 spiro atoms. The molecule has 28 heavy (non-hydrogen) atoms. The van der Waals surface area contributed by atoms with Gasteiger partial charge in [-0.3, -0.25) is 14.5 Å². The molecule has 1 atom stereocenters. The van der Waals surface area contributed by atoms with Gasteiger partial charge in [0.2, 0.25) is 0 Å². The molecule has 0 radical (unpaired) electrons. The summed E-state index contributed by atoms with van der Waals surface area (Å²) in [6, 6.07) is 6.82. The molecule has 5 nitrogen and oxygen atoms in total. The molecule has 4 rings (SSSR count). The Hall–Kier alpha value is -1.89. The Morgan fingerprint density at radius 1 is 1.18 bits per heavy atom. The number of nitrogens with zero attached hydrogens (tertiary/aromatic N) is 3. The number of halogens is 3. The van der Waals surface area contributed by atoms with Gasteiger partial charge in [-0.2, -0.15) is 0 Å². The summed E-state index contributed by atoms with van der Waals surface area (Å²) >= 11 is 15.7. The monoisotopic (exact) mass is 479 g/mol. The summed E-state index contributed by atoms with van der Waals surface area (Å²) < 4.78 is 2.55. The molecule has 0 saturated heterocycles. The summed E-state index contributed by atoms with van der Waals surface area (Å²) in [7, 11) is 0. The van der Waals surface area contributed by atoms with Gasteiger partial charge in [0, 0.05) is 22.5 Å². The number of aromatic nitrogens is 2. The SMILES string of the molecule is CC(C)n1c(Br)nc2c1C(c1ccc(Cl)cc1)N(C1=CC(Cl)=CCC1=O)C2=O. The Kier molecular flexibility index (Phi) is 4.98. The molecule has 144 valence electrons. The van der Waals surface area contributed by atoms with E-state index in [1.807, 2.05) is 30.5 Å². The molecule has 0 saturated carbocycles. The first-order chi connectivity index (χ1) is 13.3. The van der Waals surface area contributed by atoms with Crippen molar-refractivity contribution in [3.63, 3.8) is 0 Å².